The van der Waals surface area contributed by atoms with Crippen molar-refractivity contribution in [3.05, 3.63) is 72.4 Å². The van der Waals surface area contributed by atoms with E-state index in [2.05, 4.69) is 15.1 Å². The topological polar surface area (TPSA) is 63.9 Å². The summed E-state index contributed by atoms with van der Waals surface area (Å²) in [5, 5.41) is 4.05. The van der Waals surface area contributed by atoms with E-state index in [1.165, 1.54) is 11.0 Å². The molecule has 2 aromatic heterocycles. The molecule has 6 heteroatoms. The van der Waals surface area contributed by atoms with Crippen LogP contribution in [0.3, 0.4) is 0 Å². The van der Waals surface area contributed by atoms with Crippen molar-refractivity contribution in [1.82, 2.24) is 24.6 Å². The van der Waals surface area contributed by atoms with Gasteiger partial charge in [0, 0.05) is 24.3 Å². The average molecular weight is 321 g/mol. The molecule has 3 aromatic rings. The van der Waals surface area contributed by atoms with Gasteiger partial charge in [-0.2, -0.15) is 5.10 Å². The first kappa shape index (κ1) is 15.9. The van der Waals surface area contributed by atoms with Gasteiger partial charge < -0.3 is 4.90 Å². The van der Waals surface area contributed by atoms with Gasteiger partial charge in [0.2, 0.25) is 0 Å². The summed E-state index contributed by atoms with van der Waals surface area (Å²) in [6.07, 6.45) is 4.61. The zero-order valence-corrected chi connectivity index (χ0v) is 13.7. The van der Waals surface area contributed by atoms with Crippen molar-refractivity contribution in [1.29, 1.82) is 0 Å². The highest BCUT2D eigenvalue weighted by atomic mass is 16.2. The van der Waals surface area contributed by atoms with Crippen LogP contribution in [-0.4, -0.2) is 36.6 Å². The highest BCUT2D eigenvalue weighted by molar-refractivity contribution is 5.94. The molecule has 0 fully saturated rings. The minimum absolute atomic E-state index is 0.0300. The van der Waals surface area contributed by atoms with Crippen LogP contribution in [0, 0.1) is 0 Å². The van der Waals surface area contributed by atoms with Crippen molar-refractivity contribution in [3.8, 4) is 5.82 Å². The monoisotopic (exact) mass is 321 g/mol. The molecule has 0 aliphatic heterocycles. The van der Waals surface area contributed by atoms with Gasteiger partial charge in [-0.3, -0.25) is 4.79 Å². The van der Waals surface area contributed by atoms with E-state index in [4.69, 9.17) is 0 Å². The number of carbonyl (C=O) groups is 1. The van der Waals surface area contributed by atoms with Crippen LogP contribution in [-0.2, 0) is 6.54 Å². The minimum atomic E-state index is -0.0300. The Bertz CT molecular complexity index is 799. The van der Waals surface area contributed by atoms with Crippen LogP contribution in [0.25, 0.3) is 5.82 Å². The van der Waals surface area contributed by atoms with Crippen molar-refractivity contribution in [2.75, 3.05) is 0 Å². The number of amides is 1. The third-order valence-corrected chi connectivity index (χ3v) is 3.73. The zero-order chi connectivity index (χ0) is 16.9. The number of rotatable bonds is 5. The smallest absolute Gasteiger partial charge is 0.254 e. The summed E-state index contributed by atoms with van der Waals surface area (Å²) in [6.45, 7) is 4.60. The van der Waals surface area contributed by atoms with Crippen LogP contribution >= 0.6 is 0 Å². The van der Waals surface area contributed by atoms with Gasteiger partial charge in [-0.15, -0.1) is 0 Å². The van der Waals surface area contributed by atoms with Gasteiger partial charge in [0.1, 0.15) is 12.7 Å². The quantitative estimate of drug-likeness (QED) is 0.725. The molecule has 6 nitrogen and oxygen atoms in total. The van der Waals surface area contributed by atoms with Crippen LogP contribution < -0.4 is 0 Å². The van der Waals surface area contributed by atoms with Gasteiger partial charge >= 0.3 is 0 Å². The molecule has 0 saturated heterocycles. The van der Waals surface area contributed by atoms with Crippen LogP contribution in [0.2, 0.25) is 0 Å². The van der Waals surface area contributed by atoms with E-state index in [1.807, 2.05) is 49.1 Å². The fourth-order valence-corrected chi connectivity index (χ4v) is 2.44. The standard InChI is InChI=1S/C18H19N5O/c1-14(2)22(11-15-6-4-3-5-7-15)18(24)16-8-9-20-17(10-16)23-13-19-12-21-23/h3-10,12-14H,11H2,1-2H3. The molecule has 0 spiro atoms. The minimum Gasteiger partial charge on any atom is -0.332 e. The number of aromatic nitrogens is 4. The molecule has 0 atom stereocenters. The van der Waals surface area contributed by atoms with Gasteiger partial charge in [-0.05, 0) is 31.5 Å². The molecule has 1 aromatic carbocycles. The Morgan fingerprint density at radius 1 is 1.21 bits per heavy atom. The molecule has 0 aliphatic carbocycles. The number of pyridine rings is 1. The maximum atomic E-state index is 13.0. The second-order valence-electron chi connectivity index (χ2n) is 5.76. The number of hydrogen-bond donors (Lipinski definition) is 0. The first-order valence-corrected chi connectivity index (χ1v) is 7.81. The molecule has 24 heavy (non-hydrogen) atoms. The van der Waals surface area contributed by atoms with Gasteiger partial charge in [-0.25, -0.2) is 14.6 Å². The summed E-state index contributed by atoms with van der Waals surface area (Å²) in [5.41, 5.74) is 1.69. The maximum Gasteiger partial charge on any atom is 0.254 e. The van der Waals surface area contributed by atoms with Crippen molar-refractivity contribution < 1.29 is 4.79 Å². The van der Waals surface area contributed by atoms with E-state index >= 15 is 0 Å². The van der Waals surface area contributed by atoms with E-state index in [1.54, 1.807) is 24.7 Å². The molecule has 0 aliphatic rings. The summed E-state index contributed by atoms with van der Waals surface area (Å²) in [5.74, 6) is 0.541. The Hall–Kier alpha value is -3.02. The lowest BCUT2D eigenvalue weighted by molar-refractivity contribution is 0.0690. The lowest BCUT2D eigenvalue weighted by atomic mass is 10.1. The SMILES string of the molecule is CC(C)N(Cc1ccccc1)C(=O)c1ccnc(-n2cncn2)c1. The summed E-state index contributed by atoms with van der Waals surface area (Å²) < 4.78 is 1.54. The van der Waals surface area contributed by atoms with E-state index in [9.17, 15) is 4.79 Å². The molecule has 122 valence electrons. The van der Waals surface area contributed by atoms with E-state index in [0.29, 0.717) is 17.9 Å². The summed E-state index contributed by atoms with van der Waals surface area (Å²) in [7, 11) is 0. The van der Waals surface area contributed by atoms with Crippen molar-refractivity contribution in [2.45, 2.75) is 26.4 Å². The van der Waals surface area contributed by atoms with Gasteiger partial charge in [0.05, 0.1) is 0 Å². The fourth-order valence-electron chi connectivity index (χ4n) is 2.44. The lowest BCUT2D eigenvalue weighted by Crippen LogP contribution is -2.36. The largest absolute Gasteiger partial charge is 0.332 e. The Morgan fingerprint density at radius 3 is 2.67 bits per heavy atom. The molecule has 0 radical (unpaired) electrons. The van der Waals surface area contributed by atoms with Gasteiger partial charge in [0.15, 0.2) is 5.82 Å². The molecule has 2 heterocycles. The van der Waals surface area contributed by atoms with E-state index in [0.717, 1.165) is 5.56 Å². The molecule has 0 N–H and O–H groups in total. The lowest BCUT2D eigenvalue weighted by Gasteiger charge is -2.27. The third kappa shape index (κ3) is 3.48. The van der Waals surface area contributed by atoms with E-state index in [-0.39, 0.29) is 11.9 Å². The average Bonchev–Trinajstić information content (AvgIpc) is 3.14. The Balaban J connectivity index is 1.86. The van der Waals surface area contributed by atoms with Gasteiger partial charge in [-0.1, -0.05) is 30.3 Å². The predicted molar refractivity (Wildman–Crippen MR) is 90.6 cm³/mol. The Morgan fingerprint density at radius 2 is 2.00 bits per heavy atom. The normalized spacial score (nSPS) is 10.8. The second-order valence-corrected chi connectivity index (χ2v) is 5.76. The van der Waals surface area contributed by atoms with Crippen LogP contribution in [0.15, 0.2) is 61.3 Å². The summed E-state index contributed by atoms with van der Waals surface area (Å²) >= 11 is 0. The van der Waals surface area contributed by atoms with Crippen molar-refractivity contribution >= 4 is 5.91 Å². The predicted octanol–water partition coefficient (Wildman–Crippen LogP) is 2.71. The third-order valence-electron chi connectivity index (χ3n) is 3.73. The molecule has 1 amide bonds. The Labute approximate surface area is 140 Å². The first-order chi connectivity index (χ1) is 11.6. The zero-order valence-electron chi connectivity index (χ0n) is 13.7. The molecule has 0 unspecified atom stereocenters. The number of carbonyl (C=O) groups excluding carboxylic acids is 1. The molecule has 0 bridgehead atoms. The second kappa shape index (κ2) is 7.04. The maximum absolute atomic E-state index is 13.0. The Kier molecular flexibility index (Phi) is 4.65. The van der Waals surface area contributed by atoms with E-state index < -0.39 is 0 Å². The van der Waals surface area contributed by atoms with Crippen LogP contribution in [0.5, 0.6) is 0 Å². The first-order valence-electron chi connectivity index (χ1n) is 7.81. The highest BCUT2D eigenvalue weighted by Crippen LogP contribution is 2.14. The number of nitrogens with zero attached hydrogens (tertiary/aromatic N) is 5. The molecule has 0 saturated carbocycles. The number of benzene rings is 1. The molecular formula is C18H19N5O. The van der Waals surface area contributed by atoms with Crippen molar-refractivity contribution in [2.24, 2.45) is 0 Å². The summed E-state index contributed by atoms with van der Waals surface area (Å²) in [4.78, 5) is 23.0. The van der Waals surface area contributed by atoms with Crippen molar-refractivity contribution in [3.63, 3.8) is 0 Å². The van der Waals surface area contributed by atoms with Gasteiger partial charge in [0.25, 0.3) is 5.91 Å². The molecular weight excluding hydrogens is 302 g/mol. The fraction of sp³-hybridized carbons (Fsp3) is 0.222. The molecule has 3 rings (SSSR count). The highest BCUT2D eigenvalue weighted by Gasteiger charge is 2.19. The summed E-state index contributed by atoms with van der Waals surface area (Å²) in [6, 6.07) is 13.5. The van der Waals surface area contributed by atoms with Crippen LogP contribution in [0.1, 0.15) is 29.8 Å². The van der Waals surface area contributed by atoms with Crippen LogP contribution in [0.4, 0.5) is 0 Å². The number of hydrogen-bond acceptors (Lipinski definition) is 4.